The van der Waals surface area contributed by atoms with E-state index in [1.807, 2.05) is 6.92 Å². The number of aromatic nitrogens is 2. The van der Waals surface area contributed by atoms with Gasteiger partial charge in [0.25, 0.3) is 0 Å². The van der Waals surface area contributed by atoms with Crippen LogP contribution >= 0.6 is 11.5 Å². The van der Waals surface area contributed by atoms with Crippen LogP contribution in [0.2, 0.25) is 0 Å². The monoisotopic (exact) mass is 237 g/mol. The molecule has 0 aliphatic carbocycles. The van der Waals surface area contributed by atoms with Crippen molar-refractivity contribution in [3.8, 4) is 0 Å². The minimum Gasteiger partial charge on any atom is -0.478 e. The Bertz CT molecular complexity index is 577. The summed E-state index contributed by atoms with van der Waals surface area (Å²) in [6.07, 6.45) is 0.601. The van der Waals surface area contributed by atoms with Gasteiger partial charge in [-0.05, 0) is 30.4 Å². The molecule has 0 bridgehead atoms. The van der Waals surface area contributed by atoms with E-state index in [2.05, 4.69) is 9.36 Å². The van der Waals surface area contributed by atoms with Crippen LogP contribution in [-0.2, 0) is 6.42 Å². The first-order valence-electron chi connectivity index (χ1n) is 4.83. The number of hydrogen-bond donors (Lipinski definition) is 2. The van der Waals surface area contributed by atoms with E-state index in [9.17, 15) is 4.79 Å². The number of nitrogen functional groups attached to an aromatic ring is 1. The van der Waals surface area contributed by atoms with Gasteiger partial charge in [0.1, 0.15) is 10.6 Å². The lowest BCUT2D eigenvalue weighted by atomic mass is 10.0. The number of anilines is 1. The topological polar surface area (TPSA) is 89.1 Å². The summed E-state index contributed by atoms with van der Waals surface area (Å²) in [6.45, 7) is 3.59. The second-order valence-corrected chi connectivity index (χ2v) is 4.21. The predicted octanol–water partition coefficient (Wildman–Crippen LogP) is 1.84. The van der Waals surface area contributed by atoms with Crippen LogP contribution in [0.4, 0.5) is 5.82 Å². The Hall–Kier alpha value is -1.69. The molecule has 84 valence electrons. The molecule has 0 amide bonds. The van der Waals surface area contributed by atoms with Gasteiger partial charge in [0.15, 0.2) is 0 Å². The third kappa shape index (κ3) is 1.42. The number of pyridine rings is 1. The lowest BCUT2D eigenvalue weighted by Crippen LogP contribution is -2.07. The Balaban J connectivity index is 2.94. The van der Waals surface area contributed by atoms with Gasteiger partial charge in [-0.1, -0.05) is 6.92 Å². The zero-order valence-electron chi connectivity index (χ0n) is 8.94. The Labute approximate surface area is 96.1 Å². The second kappa shape index (κ2) is 3.71. The van der Waals surface area contributed by atoms with Crippen LogP contribution in [0.1, 0.15) is 28.5 Å². The number of rotatable bonds is 2. The van der Waals surface area contributed by atoms with E-state index in [4.69, 9.17) is 10.8 Å². The summed E-state index contributed by atoms with van der Waals surface area (Å²) >= 11 is 1.20. The van der Waals surface area contributed by atoms with E-state index in [-0.39, 0.29) is 5.56 Å². The van der Waals surface area contributed by atoms with E-state index >= 15 is 0 Å². The maximum atomic E-state index is 11.2. The number of fused-ring (bicyclic) bond motifs is 1. The van der Waals surface area contributed by atoms with Crippen molar-refractivity contribution in [2.45, 2.75) is 20.3 Å². The summed E-state index contributed by atoms with van der Waals surface area (Å²) in [5.41, 5.74) is 7.23. The SMILES string of the molecule is CCc1c(C(=O)O)c(C)nc2snc(N)c12. The van der Waals surface area contributed by atoms with Crippen molar-refractivity contribution in [1.82, 2.24) is 9.36 Å². The molecular weight excluding hydrogens is 226 g/mol. The number of aromatic carboxylic acids is 1. The lowest BCUT2D eigenvalue weighted by molar-refractivity contribution is 0.0694. The van der Waals surface area contributed by atoms with Gasteiger partial charge in [-0.2, -0.15) is 4.37 Å². The molecule has 0 aliphatic rings. The molecule has 0 atom stereocenters. The number of carbonyl (C=O) groups is 1. The summed E-state index contributed by atoms with van der Waals surface area (Å²) in [6, 6.07) is 0. The van der Waals surface area contributed by atoms with Gasteiger partial charge in [0, 0.05) is 0 Å². The molecule has 0 radical (unpaired) electrons. The van der Waals surface area contributed by atoms with Crippen LogP contribution in [-0.4, -0.2) is 20.4 Å². The van der Waals surface area contributed by atoms with Gasteiger partial charge in [0.2, 0.25) is 0 Å². The molecule has 0 aromatic carbocycles. The van der Waals surface area contributed by atoms with E-state index in [0.717, 1.165) is 5.56 Å². The molecule has 0 unspecified atom stereocenters. The molecule has 6 heteroatoms. The van der Waals surface area contributed by atoms with Crippen molar-refractivity contribution in [1.29, 1.82) is 0 Å². The van der Waals surface area contributed by atoms with Gasteiger partial charge < -0.3 is 10.8 Å². The van der Waals surface area contributed by atoms with E-state index in [0.29, 0.717) is 28.1 Å². The summed E-state index contributed by atoms with van der Waals surface area (Å²) in [7, 11) is 0. The molecule has 2 heterocycles. The number of aryl methyl sites for hydroxylation is 2. The highest BCUT2D eigenvalue weighted by molar-refractivity contribution is 7.13. The first kappa shape index (κ1) is 10.8. The van der Waals surface area contributed by atoms with Gasteiger partial charge >= 0.3 is 5.97 Å². The molecule has 0 fully saturated rings. The zero-order chi connectivity index (χ0) is 11.9. The highest BCUT2D eigenvalue weighted by atomic mass is 32.1. The van der Waals surface area contributed by atoms with Gasteiger partial charge in [-0.15, -0.1) is 0 Å². The van der Waals surface area contributed by atoms with Crippen LogP contribution in [0.15, 0.2) is 0 Å². The molecule has 0 aliphatic heterocycles. The van der Waals surface area contributed by atoms with Crippen molar-refractivity contribution in [2.24, 2.45) is 0 Å². The molecule has 5 nitrogen and oxygen atoms in total. The number of nitrogens with two attached hydrogens (primary N) is 1. The molecule has 0 saturated carbocycles. The highest BCUT2D eigenvalue weighted by Gasteiger charge is 2.20. The summed E-state index contributed by atoms with van der Waals surface area (Å²) < 4.78 is 4.01. The Morgan fingerprint density at radius 2 is 2.25 bits per heavy atom. The van der Waals surface area contributed by atoms with Crippen LogP contribution in [0.5, 0.6) is 0 Å². The number of carboxylic acid groups (broad SMARTS) is 1. The van der Waals surface area contributed by atoms with Gasteiger partial charge in [0.05, 0.1) is 16.6 Å². The van der Waals surface area contributed by atoms with Crippen molar-refractivity contribution in [3.63, 3.8) is 0 Å². The average Bonchev–Trinajstić information content (AvgIpc) is 2.57. The first-order chi connectivity index (χ1) is 7.56. The maximum absolute atomic E-state index is 11.2. The fourth-order valence-electron chi connectivity index (χ4n) is 1.84. The van der Waals surface area contributed by atoms with Crippen LogP contribution in [0.3, 0.4) is 0 Å². The molecule has 16 heavy (non-hydrogen) atoms. The molecule has 2 aromatic heterocycles. The van der Waals surface area contributed by atoms with Crippen molar-refractivity contribution >= 4 is 33.5 Å². The fourth-order valence-corrected chi connectivity index (χ4v) is 2.62. The van der Waals surface area contributed by atoms with E-state index < -0.39 is 5.97 Å². The van der Waals surface area contributed by atoms with Crippen molar-refractivity contribution in [3.05, 3.63) is 16.8 Å². The lowest BCUT2D eigenvalue weighted by Gasteiger charge is -2.08. The Morgan fingerprint density at radius 1 is 1.56 bits per heavy atom. The quantitative estimate of drug-likeness (QED) is 0.831. The Kier molecular flexibility index (Phi) is 2.51. The van der Waals surface area contributed by atoms with E-state index in [1.54, 1.807) is 6.92 Å². The Morgan fingerprint density at radius 3 is 2.81 bits per heavy atom. The molecular formula is C10H11N3O2S. The van der Waals surface area contributed by atoms with Crippen LogP contribution < -0.4 is 5.73 Å². The minimum absolute atomic E-state index is 0.252. The van der Waals surface area contributed by atoms with Gasteiger partial charge in [-0.3, -0.25) is 0 Å². The maximum Gasteiger partial charge on any atom is 0.337 e. The second-order valence-electron chi connectivity index (χ2n) is 3.46. The molecule has 0 saturated heterocycles. The zero-order valence-corrected chi connectivity index (χ0v) is 9.76. The van der Waals surface area contributed by atoms with E-state index in [1.165, 1.54) is 11.5 Å². The first-order valence-corrected chi connectivity index (χ1v) is 5.61. The predicted molar refractivity (Wildman–Crippen MR) is 62.9 cm³/mol. The third-order valence-corrected chi connectivity index (χ3v) is 3.26. The van der Waals surface area contributed by atoms with Crippen LogP contribution in [0.25, 0.3) is 10.2 Å². The largest absolute Gasteiger partial charge is 0.478 e. The summed E-state index contributed by atoms with van der Waals surface area (Å²) in [4.78, 5) is 16.1. The number of hydrogen-bond acceptors (Lipinski definition) is 5. The van der Waals surface area contributed by atoms with Crippen LogP contribution in [0, 0.1) is 6.92 Å². The smallest absolute Gasteiger partial charge is 0.337 e. The summed E-state index contributed by atoms with van der Waals surface area (Å²) in [5, 5.41) is 9.86. The third-order valence-electron chi connectivity index (χ3n) is 2.50. The number of carboxylic acids is 1. The number of nitrogens with zero attached hydrogens (tertiary/aromatic N) is 2. The average molecular weight is 237 g/mol. The molecule has 0 spiro atoms. The molecule has 2 aromatic rings. The highest BCUT2D eigenvalue weighted by Crippen LogP contribution is 2.30. The summed E-state index contributed by atoms with van der Waals surface area (Å²) in [5.74, 6) is -0.596. The van der Waals surface area contributed by atoms with Gasteiger partial charge in [-0.25, -0.2) is 9.78 Å². The fraction of sp³-hybridized carbons (Fsp3) is 0.300. The molecule has 3 N–H and O–H groups in total. The van der Waals surface area contributed by atoms with Crippen molar-refractivity contribution in [2.75, 3.05) is 5.73 Å². The molecule has 2 rings (SSSR count). The van der Waals surface area contributed by atoms with Crippen molar-refractivity contribution < 1.29 is 9.90 Å². The standard InChI is InChI=1S/C10H11N3O2S/c1-3-5-6(10(14)15)4(2)12-9-7(5)8(11)13-16-9/h3H2,1-2H3,(H2,11,13)(H,14,15). The minimum atomic E-state index is -0.964. The normalized spacial score (nSPS) is 10.9.